The number of carbonyl (C=O) groups is 1. The Balaban J connectivity index is 2.02. The van der Waals surface area contributed by atoms with E-state index in [1.54, 1.807) is 29.1 Å². The zero-order valence-electron chi connectivity index (χ0n) is 11.6. The zero-order valence-corrected chi connectivity index (χ0v) is 11.6. The smallest absolute Gasteiger partial charge is 0.337 e. The van der Waals surface area contributed by atoms with E-state index >= 15 is 0 Å². The largest absolute Gasteiger partial charge is 0.478 e. The van der Waals surface area contributed by atoms with Gasteiger partial charge >= 0.3 is 5.97 Å². The number of aromatic nitrogens is 2. The van der Waals surface area contributed by atoms with Gasteiger partial charge < -0.3 is 9.51 Å². The predicted octanol–water partition coefficient (Wildman–Crippen LogP) is 3.85. The van der Waals surface area contributed by atoms with E-state index in [9.17, 15) is 9.90 Å². The Bertz CT molecular complexity index is 1020. The number of carboxylic acids is 1. The van der Waals surface area contributed by atoms with Gasteiger partial charge in [-0.2, -0.15) is 0 Å². The monoisotopic (exact) mass is 288 g/mol. The molecule has 0 radical (unpaired) electrons. The molecule has 4 nitrogen and oxygen atoms in total. The molecule has 0 bridgehead atoms. The first-order valence-corrected chi connectivity index (χ1v) is 6.92. The van der Waals surface area contributed by atoms with Crippen molar-refractivity contribution in [1.82, 2.24) is 9.38 Å². The van der Waals surface area contributed by atoms with Gasteiger partial charge in [-0.25, -0.2) is 9.78 Å². The number of hydrogen-bond donors (Lipinski definition) is 1. The second-order valence-corrected chi connectivity index (χ2v) is 5.14. The van der Waals surface area contributed by atoms with E-state index in [0.717, 1.165) is 16.3 Å². The van der Waals surface area contributed by atoms with Crippen molar-refractivity contribution in [3.63, 3.8) is 0 Å². The number of pyridine rings is 1. The van der Waals surface area contributed by atoms with Gasteiger partial charge in [0.15, 0.2) is 0 Å². The maximum atomic E-state index is 11.5. The number of carboxylic acid groups (broad SMARTS) is 1. The molecule has 0 spiro atoms. The van der Waals surface area contributed by atoms with Crippen LogP contribution >= 0.6 is 0 Å². The highest BCUT2D eigenvalue weighted by atomic mass is 16.4. The summed E-state index contributed by atoms with van der Waals surface area (Å²) in [6.45, 7) is 0. The minimum Gasteiger partial charge on any atom is -0.478 e. The maximum Gasteiger partial charge on any atom is 0.337 e. The van der Waals surface area contributed by atoms with Gasteiger partial charge in [0.1, 0.15) is 0 Å². The number of rotatable bonds is 2. The Hall–Kier alpha value is -3.14. The van der Waals surface area contributed by atoms with Gasteiger partial charge in [0.25, 0.3) is 0 Å². The molecule has 0 aliphatic carbocycles. The number of hydrogen-bond acceptors (Lipinski definition) is 2. The third-order valence-electron chi connectivity index (χ3n) is 3.81. The topological polar surface area (TPSA) is 54.6 Å². The van der Waals surface area contributed by atoms with Crippen LogP contribution in [0.25, 0.3) is 27.5 Å². The van der Waals surface area contributed by atoms with Gasteiger partial charge in [-0.3, -0.25) is 0 Å². The van der Waals surface area contributed by atoms with Crippen LogP contribution in [0.2, 0.25) is 0 Å². The minimum atomic E-state index is -0.951. The molecule has 0 amide bonds. The Morgan fingerprint density at radius 2 is 1.82 bits per heavy atom. The van der Waals surface area contributed by atoms with Crippen LogP contribution in [0.1, 0.15) is 10.4 Å². The molecule has 4 heteroatoms. The fourth-order valence-electron chi connectivity index (χ4n) is 2.77. The molecule has 106 valence electrons. The molecular formula is C18H12N2O2. The first-order valence-electron chi connectivity index (χ1n) is 6.92. The van der Waals surface area contributed by atoms with E-state index in [0.29, 0.717) is 11.2 Å². The van der Waals surface area contributed by atoms with E-state index in [-0.39, 0.29) is 5.56 Å². The lowest BCUT2D eigenvalue weighted by Crippen LogP contribution is -2.00. The highest BCUT2D eigenvalue weighted by Crippen LogP contribution is 2.28. The van der Waals surface area contributed by atoms with Crippen molar-refractivity contribution >= 4 is 22.3 Å². The maximum absolute atomic E-state index is 11.5. The summed E-state index contributed by atoms with van der Waals surface area (Å²) in [7, 11) is 0. The van der Waals surface area contributed by atoms with Gasteiger partial charge in [0.05, 0.1) is 23.1 Å². The minimum absolute atomic E-state index is 0.253. The lowest BCUT2D eigenvalue weighted by atomic mass is 10.0. The molecule has 4 aromatic rings. The van der Waals surface area contributed by atoms with Crippen molar-refractivity contribution in [3.05, 3.63) is 72.7 Å². The molecule has 0 unspecified atom stereocenters. The number of imidazole rings is 1. The summed E-state index contributed by atoms with van der Waals surface area (Å²) in [5, 5.41) is 11.7. The van der Waals surface area contributed by atoms with Gasteiger partial charge in [0, 0.05) is 11.8 Å². The molecule has 0 aliphatic heterocycles. The van der Waals surface area contributed by atoms with E-state index in [2.05, 4.69) is 4.98 Å². The predicted molar refractivity (Wildman–Crippen MR) is 85.1 cm³/mol. The fourth-order valence-corrected chi connectivity index (χ4v) is 2.77. The van der Waals surface area contributed by atoms with Crippen LogP contribution in [-0.4, -0.2) is 20.5 Å². The standard InChI is InChI=1S/C18H12N2O2/c21-18(22)15-6-3-9-20-11-19-16(17(15)20)14-8-7-12-4-1-2-5-13(12)10-14/h1-11H,(H,21,22). The van der Waals surface area contributed by atoms with Crippen LogP contribution in [0.15, 0.2) is 67.1 Å². The van der Waals surface area contributed by atoms with Gasteiger partial charge in [-0.05, 0) is 29.0 Å². The van der Waals surface area contributed by atoms with Crippen molar-refractivity contribution in [2.24, 2.45) is 0 Å². The molecule has 0 fully saturated rings. The van der Waals surface area contributed by atoms with Gasteiger partial charge in [-0.15, -0.1) is 0 Å². The number of nitrogens with zero attached hydrogens (tertiary/aromatic N) is 2. The Morgan fingerprint density at radius 3 is 2.64 bits per heavy atom. The molecular weight excluding hydrogens is 276 g/mol. The zero-order chi connectivity index (χ0) is 15.1. The molecule has 2 aromatic carbocycles. The van der Waals surface area contributed by atoms with Gasteiger partial charge in [-0.1, -0.05) is 36.4 Å². The van der Waals surface area contributed by atoms with Crippen LogP contribution in [0, 0.1) is 0 Å². The molecule has 0 aliphatic rings. The summed E-state index contributed by atoms with van der Waals surface area (Å²) in [5.41, 5.74) is 2.46. The van der Waals surface area contributed by atoms with Crippen LogP contribution < -0.4 is 0 Å². The van der Waals surface area contributed by atoms with Crippen molar-refractivity contribution in [3.8, 4) is 11.3 Å². The van der Waals surface area contributed by atoms with Crippen LogP contribution in [-0.2, 0) is 0 Å². The van der Waals surface area contributed by atoms with Crippen LogP contribution in [0.5, 0.6) is 0 Å². The second kappa shape index (κ2) is 4.70. The van der Waals surface area contributed by atoms with Gasteiger partial charge in [0.2, 0.25) is 0 Å². The Labute approximate surface area is 126 Å². The third-order valence-corrected chi connectivity index (χ3v) is 3.81. The van der Waals surface area contributed by atoms with Crippen molar-refractivity contribution in [2.75, 3.05) is 0 Å². The fraction of sp³-hybridized carbons (Fsp3) is 0. The summed E-state index contributed by atoms with van der Waals surface area (Å²) in [5.74, 6) is -0.951. The SMILES string of the molecule is O=C(O)c1cccn2cnc(-c3ccc4ccccc4c3)c12. The molecule has 0 saturated heterocycles. The highest BCUT2D eigenvalue weighted by molar-refractivity contribution is 6.01. The molecule has 1 N–H and O–H groups in total. The molecule has 2 aromatic heterocycles. The molecule has 0 atom stereocenters. The normalized spacial score (nSPS) is 11.1. The first-order chi connectivity index (χ1) is 10.7. The molecule has 22 heavy (non-hydrogen) atoms. The second-order valence-electron chi connectivity index (χ2n) is 5.14. The quantitative estimate of drug-likeness (QED) is 0.609. The van der Waals surface area contributed by atoms with E-state index < -0.39 is 5.97 Å². The number of fused-ring (bicyclic) bond motifs is 2. The van der Waals surface area contributed by atoms with E-state index in [1.807, 2.05) is 42.5 Å². The average molecular weight is 288 g/mol. The van der Waals surface area contributed by atoms with E-state index in [1.165, 1.54) is 0 Å². The summed E-state index contributed by atoms with van der Waals surface area (Å²) >= 11 is 0. The number of benzene rings is 2. The molecule has 4 rings (SSSR count). The summed E-state index contributed by atoms with van der Waals surface area (Å²) < 4.78 is 1.74. The van der Waals surface area contributed by atoms with Crippen molar-refractivity contribution in [2.45, 2.75) is 0 Å². The third kappa shape index (κ3) is 1.85. The summed E-state index contributed by atoms with van der Waals surface area (Å²) in [6.07, 6.45) is 3.45. The lowest BCUT2D eigenvalue weighted by Gasteiger charge is -2.04. The average Bonchev–Trinajstić information content (AvgIpc) is 2.98. The number of aromatic carboxylic acids is 1. The molecule has 2 heterocycles. The highest BCUT2D eigenvalue weighted by Gasteiger charge is 2.15. The Morgan fingerprint density at radius 1 is 1.00 bits per heavy atom. The van der Waals surface area contributed by atoms with Crippen molar-refractivity contribution in [1.29, 1.82) is 0 Å². The summed E-state index contributed by atoms with van der Waals surface area (Å²) in [6, 6.07) is 17.4. The van der Waals surface area contributed by atoms with Crippen LogP contribution in [0.3, 0.4) is 0 Å². The van der Waals surface area contributed by atoms with Crippen molar-refractivity contribution < 1.29 is 9.90 Å². The Kier molecular flexibility index (Phi) is 2.69. The van der Waals surface area contributed by atoms with Crippen LogP contribution in [0.4, 0.5) is 0 Å². The first kappa shape index (κ1) is 12.6. The lowest BCUT2D eigenvalue weighted by molar-refractivity contribution is 0.0698. The van der Waals surface area contributed by atoms with E-state index in [4.69, 9.17) is 0 Å². The molecule has 0 saturated carbocycles. The summed E-state index contributed by atoms with van der Waals surface area (Å²) in [4.78, 5) is 15.9.